The molecule has 84 valence electrons. The fraction of sp³-hybridized carbons (Fsp3) is 0.417. The van der Waals surface area contributed by atoms with E-state index in [9.17, 15) is 4.79 Å². The second kappa shape index (κ2) is 6.59. The van der Waals surface area contributed by atoms with E-state index < -0.39 is 0 Å². The summed E-state index contributed by atoms with van der Waals surface area (Å²) in [6.45, 7) is 4.01. The van der Waals surface area contributed by atoms with Gasteiger partial charge in [0.05, 0.1) is 6.04 Å². The molecule has 0 saturated carbocycles. The number of benzene rings is 1. The standard InChI is InChI=1S/C12H17NO.ClH/c1-4-11(13-3)12(14)10-7-5-6-9(2)8-10;/h5-8,11,13H,4H2,1-3H3;1H. The Bertz CT molecular complexity index is 321. The first kappa shape index (κ1) is 14.1. The van der Waals surface area contributed by atoms with Crippen molar-refractivity contribution in [3.05, 3.63) is 35.4 Å². The summed E-state index contributed by atoms with van der Waals surface area (Å²) in [5.74, 6) is 0.179. The normalized spacial score (nSPS) is 11.7. The van der Waals surface area contributed by atoms with Crippen molar-refractivity contribution in [1.82, 2.24) is 5.32 Å². The van der Waals surface area contributed by atoms with Crippen LogP contribution in [0.3, 0.4) is 0 Å². The third-order valence-electron chi connectivity index (χ3n) is 2.38. The molecule has 0 aliphatic heterocycles. The van der Waals surface area contributed by atoms with E-state index >= 15 is 0 Å². The Morgan fingerprint density at radius 3 is 2.60 bits per heavy atom. The van der Waals surface area contributed by atoms with Gasteiger partial charge in [0.15, 0.2) is 5.78 Å². The van der Waals surface area contributed by atoms with Crippen molar-refractivity contribution in [1.29, 1.82) is 0 Å². The summed E-state index contributed by atoms with van der Waals surface area (Å²) in [7, 11) is 1.82. The van der Waals surface area contributed by atoms with Gasteiger partial charge in [-0.05, 0) is 26.5 Å². The highest BCUT2D eigenvalue weighted by Crippen LogP contribution is 2.08. The lowest BCUT2D eigenvalue weighted by Gasteiger charge is -2.12. The lowest BCUT2D eigenvalue weighted by molar-refractivity contribution is 0.0945. The molecule has 0 aliphatic rings. The van der Waals surface area contributed by atoms with E-state index in [1.54, 1.807) is 0 Å². The van der Waals surface area contributed by atoms with E-state index in [2.05, 4.69) is 5.32 Å². The number of halogens is 1. The molecule has 1 unspecified atom stereocenters. The van der Waals surface area contributed by atoms with Gasteiger partial charge in [-0.2, -0.15) is 0 Å². The molecule has 1 rings (SSSR count). The minimum atomic E-state index is -0.0585. The Labute approximate surface area is 97.5 Å². The van der Waals surface area contributed by atoms with Crippen molar-refractivity contribution >= 4 is 18.2 Å². The zero-order chi connectivity index (χ0) is 10.6. The maximum absolute atomic E-state index is 11.9. The molecule has 0 saturated heterocycles. The number of carbonyl (C=O) groups is 1. The number of hydrogen-bond acceptors (Lipinski definition) is 2. The molecule has 1 N–H and O–H groups in total. The van der Waals surface area contributed by atoms with Crippen LogP contribution in [0.5, 0.6) is 0 Å². The number of likely N-dealkylation sites (N-methyl/N-ethyl adjacent to an activating group) is 1. The Balaban J connectivity index is 0.00000196. The molecule has 0 aromatic heterocycles. The first-order valence-electron chi connectivity index (χ1n) is 4.97. The highest BCUT2D eigenvalue weighted by atomic mass is 35.5. The lowest BCUT2D eigenvalue weighted by atomic mass is 10.0. The third kappa shape index (κ3) is 3.65. The van der Waals surface area contributed by atoms with Crippen LogP contribution >= 0.6 is 12.4 Å². The minimum absolute atomic E-state index is 0. The minimum Gasteiger partial charge on any atom is -0.310 e. The van der Waals surface area contributed by atoms with E-state index in [0.29, 0.717) is 0 Å². The van der Waals surface area contributed by atoms with Gasteiger partial charge < -0.3 is 5.32 Å². The Kier molecular flexibility index (Phi) is 6.21. The number of Topliss-reactive ketones (excluding diaryl/α,β-unsaturated/α-hetero) is 1. The van der Waals surface area contributed by atoms with Gasteiger partial charge in [-0.15, -0.1) is 12.4 Å². The molecular weight excluding hydrogens is 210 g/mol. The van der Waals surface area contributed by atoms with Crippen molar-refractivity contribution in [2.75, 3.05) is 7.05 Å². The number of nitrogens with one attached hydrogen (secondary N) is 1. The number of aryl methyl sites for hydroxylation is 1. The maximum Gasteiger partial charge on any atom is 0.179 e. The SMILES string of the molecule is CCC(NC)C(=O)c1cccc(C)c1.Cl. The molecule has 0 radical (unpaired) electrons. The van der Waals surface area contributed by atoms with E-state index in [-0.39, 0.29) is 24.2 Å². The van der Waals surface area contributed by atoms with Gasteiger partial charge >= 0.3 is 0 Å². The molecule has 1 aromatic rings. The van der Waals surface area contributed by atoms with Gasteiger partial charge in [-0.1, -0.05) is 30.7 Å². The number of carbonyl (C=O) groups excluding carboxylic acids is 1. The molecule has 0 fully saturated rings. The first-order valence-corrected chi connectivity index (χ1v) is 4.97. The van der Waals surface area contributed by atoms with Crippen LogP contribution in [0.25, 0.3) is 0 Å². The topological polar surface area (TPSA) is 29.1 Å². The zero-order valence-electron chi connectivity index (χ0n) is 9.41. The molecule has 0 aliphatic carbocycles. The quantitative estimate of drug-likeness (QED) is 0.802. The summed E-state index contributed by atoms with van der Waals surface area (Å²) < 4.78 is 0. The predicted molar refractivity (Wildman–Crippen MR) is 65.9 cm³/mol. The summed E-state index contributed by atoms with van der Waals surface area (Å²) >= 11 is 0. The number of hydrogen-bond donors (Lipinski definition) is 1. The highest BCUT2D eigenvalue weighted by Gasteiger charge is 2.15. The number of ketones is 1. The number of rotatable bonds is 4. The zero-order valence-corrected chi connectivity index (χ0v) is 10.2. The van der Waals surface area contributed by atoms with Gasteiger partial charge in [0.1, 0.15) is 0 Å². The van der Waals surface area contributed by atoms with Crippen LogP contribution in [0.1, 0.15) is 29.3 Å². The van der Waals surface area contributed by atoms with E-state index in [1.165, 1.54) is 0 Å². The van der Waals surface area contributed by atoms with Gasteiger partial charge in [0, 0.05) is 5.56 Å². The van der Waals surface area contributed by atoms with Crippen molar-refractivity contribution in [2.45, 2.75) is 26.3 Å². The van der Waals surface area contributed by atoms with Crippen LogP contribution in [0.4, 0.5) is 0 Å². The van der Waals surface area contributed by atoms with Crippen LogP contribution in [0.2, 0.25) is 0 Å². The second-order valence-electron chi connectivity index (χ2n) is 3.48. The molecule has 15 heavy (non-hydrogen) atoms. The maximum atomic E-state index is 11.9. The van der Waals surface area contributed by atoms with Crippen LogP contribution in [0, 0.1) is 6.92 Å². The van der Waals surface area contributed by atoms with Crippen molar-refractivity contribution in [3.8, 4) is 0 Å². The molecule has 1 atom stereocenters. The highest BCUT2D eigenvalue weighted by molar-refractivity contribution is 6.00. The average molecular weight is 228 g/mol. The first-order chi connectivity index (χ1) is 6.69. The van der Waals surface area contributed by atoms with Crippen LogP contribution in [-0.4, -0.2) is 18.9 Å². The largest absolute Gasteiger partial charge is 0.310 e. The van der Waals surface area contributed by atoms with Gasteiger partial charge in [-0.3, -0.25) is 4.79 Å². The molecule has 0 heterocycles. The Hall–Kier alpha value is -0.860. The molecule has 2 nitrogen and oxygen atoms in total. The van der Waals surface area contributed by atoms with Crippen molar-refractivity contribution in [2.24, 2.45) is 0 Å². The fourth-order valence-corrected chi connectivity index (χ4v) is 1.52. The summed E-state index contributed by atoms with van der Waals surface area (Å²) in [6, 6.07) is 7.66. The van der Waals surface area contributed by atoms with Crippen LogP contribution < -0.4 is 5.32 Å². The van der Waals surface area contributed by atoms with Gasteiger partial charge in [0.2, 0.25) is 0 Å². The van der Waals surface area contributed by atoms with E-state index in [1.807, 2.05) is 45.2 Å². The fourth-order valence-electron chi connectivity index (χ4n) is 1.52. The predicted octanol–water partition coefficient (Wildman–Crippen LogP) is 2.60. The molecule has 1 aromatic carbocycles. The Morgan fingerprint density at radius 2 is 2.13 bits per heavy atom. The Morgan fingerprint density at radius 1 is 1.47 bits per heavy atom. The van der Waals surface area contributed by atoms with Gasteiger partial charge in [-0.25, -0.2) is 0 Å². The smallest absolute Gasteiger partial charge is 0.179 e. The molecule has 0 spiro atoms. The monoisotopic (exact) mass is 227 g/mol. The third-order valence-corrected chi connectivity index (χ3v) is 2.38. The average Bonchev–Trinajstić information content (AvgIpc) is 2.19. The molecule has 3 heteroatoms. The molecule has 0 amide bonds. The summed E-state index contributed by atoms with van der Waals surface area (Å²) in [4.78, 5) is 11.9. The van der Waals surface area contributed by atoms with Crippen LogP contribution in [-0.2, 0) is 0 Å². The van der Waals surface area contributed by atoms with E-state index in [0.717, 1.165) is 17.5 Å². The summed E-state index contributed by atoms with van der Waals surface area (Å²) in [6.07, 6.45) is 0.823. The lowest BCUT2D eigenvalue weighted by Crippen LogP contribution is -2.33. The van der Waals surface area contributed by atoms with Gasteiger partial charge in [0.25, 0.3) is 0 Å². The molecule has 0 bridgehead atoms. The summed E-state index contributed by atoms with van der Waals surface area (Å²) in [5.41, 5.74) is 1.92. The van der Waals surface area contributed by atoms with E-state index in [4.69, 9.17) is 0 Å². The van der Waals surface area contributed by atoms with Crippen molar-refractivity contribution < 1.29 is 4.79 Å². The van der Waals surface area contributed by atoms with Crippen LogP contribution in [0.15, 0.2) is 24.3 Å². The second-order valence-corrected chi connectivity index (χ2v) is 3.48. The summed E-state index contributed by atoms with van der Waals surface area (Å²) in [5, 5.41) is 3.02. The van der Waals surface area contributed by atoms with Crippen molar-refractivity contribution in [3.63, 3.8) is 0 Å². The molecular formula is C12H18ClNO.